The number of rotatable bonds is 4. The summed E-state index contributed by atoms with van der Waals surface area (Å²) in [5.41, 5.74) is 4.75. The third-order valence-corrected chi connectivity index (χ3v) is 4.41. The number of methoxy groups -OCH3 is 1. The van der Waals surface area contributed by atoms with Gasteiger partial charge in [0.15, 0.2) is 0 Å². The summed E-state index contributed by atoms with van der Waals surface area (Å²) in [4.78, 5) is -0.225. The van der Waals surface area contributed by atoms with E-state index in [0.29, 0.717) is 0 Å². The molecular weight excluding hydrogens is 333 g/mol. The smallest absolute Gasteiger partial charge is 0.416 e. The van der Waals surface area contributed by atoms with Crippen molar-refractivity contribution in [1.29, 1.82) is 0 Å². The molecule has 0 spiro atoms. The van der Waals surface area contributed by atoms with Crippen LogP contribution in [0.3, 0.4) is 0 Å². The van der Waals surface area contributed by atoms with E-state index in [1.807, 2.05) is 0 Å². The Kier molecular flexibility index (Phi) is 4.42. The van der Waals surface area contributed by atoms with Crippen molar-refractivity contribution in [3.05, 3.63) is 48.0 Å². The Morgan fingerprint density at radius 3 is 2.22 bits per heavy atom. The minimum Gasteiger partial charge on any atom is -0.497 e. The van der Waals surface area contributed by atoms with Gasteiger partial charge in [-0.15, -0.1) is 0 Å². The Balaban J connectivity index is 2.32. The van der Waals surface area contributed by atoms with Gasteiger partial charge < -0.3 is 10.5 Å². The van der Waals surface area contributed by atoms with Gasteiger partial charge in [0.1, 0.15) is 10.6 Å². The lowest BCUT2D eigenvalue weighted by molar-refractivity contribution is -0.137. The topological polar surface area (TPSA) is 81.4 Å². The molecule has 0 aliphatic heterocycles. The van der Waals surface area contributed by atoms with Gasteiger partial charge in [-0.05, 0) is 36.4 Å². The lowest BCUT2D eigenvalue weighted by Gasteiger charge is -2.12. The van der Waals surface area contributed by atoms with Crippen molar-refractivity contribution in [3.8, 4) is 5.75 Å². The van der Waals surface area contributed by atoms with E-state index < -0.39 is 21.8 Å². The van der Waals surface area contributed by atoms with E-state index in [1.54, 1.807) is 0 Å². The molecule has 2 rings (SSSR count). The number of hydrogen-bond acceptors (Lipinski definition) is 4. The second-order valence-corrected chi connectivity index (χ2v) is 6.24. The molecule has 0 aliphatic rings. The minimum atomic E-state index is -4.49. The summed E-state index contributed by atoms with van der Waals surface area (Å²) in [5, 5.41) is 0. The number of nitrogens with two attached hydrogens (primary N) is 1. The fourth-order valence-electron chi connectivity index (χ4n) is 1.81. The lowest BCUT2D eigenvalue weighted by atomic mass is 10.2. The number of sulfonamides is 1. The molecule has 124 valence electrons. The van der Waals surface area contributed by atoms with E-state index in [0.717, 1.165) is 24.3 Å². The number of anilines is 2. The second-order valence-electron chi connectivity index (χ2n) is 4.58. The van der Waals surface area contributed by atoms with E-state index in [2.05, 4.69) is 4.72 Å². The standard InChI is InChI=1S/C14H13F3N2O3S/c1-22-11-6-7-12(18)13(8-11)23(20,21)19-10-4-2-9(3-5-10)14(15,16)17/h2-8,19H,18H2,1H3. The highest BCUT2D eigenvalue weighted by atomic mass is 32.2. The van der Waals surface area contributed by atoms with Crippen LogP contribution in [0.15, 0.2) is 47.4 Å². The van der Waals surface area contributed by atoms with E-state index in [9.17, 15) is 21.6 Å². The van der Waals surface area contributed by atoms with Crippen LogP contribution in [0.2, 0.25) is 0 Å². The number of alkyl halides is 3. The van der Waals surface area contributed by atoms with E-state index in [4.69, 9.17) is 10.5 Å². The Bertz CT molecular complexity index is 803. The SMILES string of the molecule is COc1ccc(N)c(S(=O)(=O)Nc2ccc(C(F)(F)F)cc2)c1. The number of nitrogen functional groups attached to an aromatic ring is 1. The molecule has 23 heavy (non-hydrogen) atoms. The fraction of sp³-hybridized carbons (Fsp3) is 0.143. The first-order valence-corrected chi connectivity index (χ1v) is 7.75. The molecule has 0 saturated carbocycles. The van der Waals surface area contributed by atoms with Crippen molar-refractivity contribution in [3.63, 3.8) is 0 Å². The molecular formula is C14H13F3N2O3S. The van der Waals surface area contributed by atoms with Crippen LogP contribution in [0.1, 0.15) is 5.56 Å². The van der Waals surface area contributed by atoms with Gasteiger partial charge in [-0.1, -0.05) is 0 Å². The maximum Gasteiger partial charge on any atom is 0.416 e. The van der Waals surface area contributed by atoms with Crippen molar-refractivity contribution in [2.45, 2.75) is 11.1 Å². The van der Waals surface area contributed by atoms with Crippen molar-refractivity contribution >= 4 is 21.4 Å². The summed E-state index contributed by atoms with van der Waals surface area (Å²) < 4.78 is 69.2. The zero-order chi connectivity index (χ0) is 17.3. The zero-order valence-electron chi connectivity index (χ0n) is 11.9. The third-order valence-electron chi connectivity index (χ3n) is 2.97. The highest BCUT2D eigenvalue weighted by Gasteiger charge is 2.30. The molecule has 2 aromatic carbocycles. The summed E-state index contributed by atoms with van der Waals surface area (Å²) in [6, 6.07) is 7.70. The highest BCUT2D eigenvalue weighted by Crippen LogP contribution is 2.31. The molecule has 0 aliphatic carbocycles. The van der Waals surface area contributed by atoms with Crippen LogP contribution in [0.5, 0.6) is 5.75 Å². The molecule has 0 saturated heterocycles. The van der Waals surface area contributed by atoms with E-state index in [-0.39, 0.29) is 22.0 Å². The quantitative estimate of drug-likeness (QED) is 0.834. The van der Waals surface area contributed by atoms with Crippen LogP contribution < -0.4 is 15.2 Å². The maximum absolute atomic E-state index is 12.5. The zero-order valence-corrected chi connectivity index (χ0v) is 12.7. The second kappa shape index (κ2) is 5.99. The largest absolute Gasteiger partial charge is 0.497 e. The first-order chi connectivity index (χ1) is 10.6. The summed E-state index contributed by atoms with van der Waals surface area (Å²) >= 11 is 0. The molecule has 0 aromatic heterocycles. The molecule has 0 atom stereocenters. The van der Waals surface area contributed by atoms with Gasteiger partial charge in [-0.2, -0.15) is 13.2 Å². The Morgan fingerprint density at radius 2 is 1.70 bits per heavy atom. The summed E-state index contributed by atoms with van der Waals surface area (Å²) in [6.07, 6.45) is -4.49. The number of hydrogen-bond donors (Lipinski definition) is 2. The maximum atomic E-state index is 12.5. The molecule has 0 amide bonds. The first kappa shape index (κ1) is 16.9. The molecule has 0 heterocycles. The predicted molar refractivity (Wildman–Crippen MR) is 79.7 cm³/mol. The summed E-state index contributed by atoms with van der Waals surface area (Å²) in [6.45, 7) is 0. The third kappa shape index (κ3) is 3.86. The summed E-state index contributed by atoms with van der Waals surface area (Å²) in [7, 11) is -2.69. The van der Waals surface area contributed by atoms with Crippen molar-refractivity contribution in [2.24, 2.45) is 0 Å². The van der Waals surface area contributed by atoms with Crippen molar-refractivity contribution < 1.29 is 26.3 Å². The number of ether oxygens (including phenoxy) is 1. The minimum absolute atomic E-state index is 0.00906. The summed E-state index contributed by atoms with van der Waals surface area (Å²) in [5.74, 6) is 0.284. The average molecular weight is 346 g/mol. The van der Waals surface area contributed by atoms with Crippen LogP contribution in [-0.4, -0.2) is 15.5 Å². The van der Waals surface area contributed by atoms with Crippen LogP contribution in [-0.2, 0) is 16.2 Å². The Hall–Kier alpha value is -2.42. The van der Waals surface area contributed by atoms with Gasteiger partial charge in [-0.25, -0.2) is 8.42 Å². The normalized spacial score (nSPS) is 12.0. The predicted octanol–water partition coefficient (Wildman–Crippen LogP) is 3.10. The van der Waals surface area contributed by atoms with Gasteiger partial charge in [-0.3, -0.25) is 4.72 Å². The van der Waals surface area contributed by atoms with Crippen molar-refractivity contribution in [1.82, 2.24) is 0 Å². The Morgan fingerprint density at radius 1 is 1.09 bits per heavy atom. The highest BCUT2D eigenvalue weighted by molar-refractivity contribution is 7.92. The van der Waals surface area contributed by atoms with Gasteiger partial charge in [0.25, 0.3) is 10.0 Å². The monoisotopic (exact) mass is 346 g/mol. The van der Waals surface area contributed by atoms with Crippen molar-refractivity contribution in [2.75, 3.05) is 17.6 Å². The van der Waals surface area contributed by atoms with Crippen LogP contribution >= 0.6 is 0 Å². The number of halogens is 3. The fourth-order valence-corrected chi connectivity index (χ4v) is 3.02. The molecule has 0 unspecified atom stereocenters. The molecule has 0 radical (unpaired) electrons. The molecule has 0 fully saturated rings. The van der Waals surface area contributed by atoms with Gasteiger partial charge in [0, 0.05) is 11.8 Å². The molecule has 3 N–H and O–H groups in total. The molecule has 0 bridgehead atoms. The van der Waals surface area contributed by atoms with Gasteiger partial charge in [0.05, 0.1) is 18.4 Å². The van der Waals surface area contributed by atoms with Gasteiger partial charge >= 0.3 is 6.18 Å². The Labute approximate surface area is 130 Å². The number of nitrogens with one attached hydrogen (secondary N) is 1. The molecule has 2 aromatic rings. The van der Waals surface area contributed by atoms with Crippen LogP contribution in [0.4, 0.5) is 24.5 Å². The molecule has 5 nitrogen and oxygen atoms in total. The number of benzene rings is 2. The molecule has 9 heteroatoms. The first-order valence-electron chi connectivity index (χ1n) is 6.27. The lowest BCUT2D eigenvalue weighted by Crippen LogP contribution is -2.15. The van der Waals surface area contributed by atoms with E-state index in [1.165, 1.54) is 25.3 Å². The average Bonchev–Trinajstić information content (AvgIpc) is 2.46. The van der Waals surface area contributed by atoms with Crippen LogP contribution in [0, 0.1) is 0 Å². The van der Waals surface area contributed by atoms with Gasteiger partial charge in [0.2, 0.25) is 0 Å². The van der Waals surface area contributed by atoms with Crippen LogP contribution in [0.25, 0.3) is 0 Å². The van der Waals surface area contributed by atoms with E-state index >= 15 is 0 Å².